The molecule has 2 aliphatic rings. The van der Waals surface area contributed by atoms with Crippen LogP contribution in [-0.4, -0.2) is 50.0 Å². The van der Waals surface area contributed by atoms with Crippen LogP contribution in [0.4, 0.5) is 0 Å². The van der Waals surface area contributed by atoms with Gasteiger partial charge < -0.3 is 9.47 Å². The molecule has 2 aromatic rings. The van der Waals surface area contributed by atoms with Gasteiger partial charge in [0.2, 0.25) is 0 Å². The summed E-state index contributed by atoms with van der Waals surface area (Å²) >= 11 is 0. The molecule has 0 aromatic carbocycles. The van der Waals surface area contributed by atoms with Crippen LogP contribution in [0.1, 0.15) is 63.3 Å². The Bertz CT molecular complexity index is 722. The third-order valence-corrected chi connectivity index (χ3v) is 6.79. The van der Waals surface area contributed by atoms with Crippen LogP contribution in [0.15, 0.2) is 36.9 Å². The third-order valence-electron chi connectivity index (χ3n) is 6.79. The smallest absolute Gasteiger partial charge is 0.122 e. The lowest BCUT2D eigenvalue weighted by molar-refractivity contribution is 0.0763. The molecule has 0 bridgehead atoms. The number of nitrogens with zero attached hydrogens (tertiary/aromatic N) is 5. The van der Waals surface area contributed by atoms with Gasteiger partial charge in [0.15, 0.2) is 0 Å². The van der Waals surface area contributed by atoms with Gasteiger partial charge in [-0.25, -0.2) is 4.98 Å². The third kappa shape index (κ3) is 5.67. The van der Waals surface area contributed by atoms with Crippen LogP contribution in [0.2, 0.25) is 0 Å². The van der Waals surface area contributed by atoms with Gasteiger partial charge in [0.25, 0.3) is 0 Å². The fourth-order valence-electron chi connectivity index (χ4n) is 5.30. The highest BCUT2D eigenvalue weighted by Gasteiger charge is 2.28. The van der Waals surface area contributed by atoms with Crippen molar-refractivity contribution in [3.05, 3.63) is 48.3 Å². The van der Waals surface area contributed by atoms with E-state index in [9.17, 15) is 0 Å². The van der Waals surface area contributed by atoms with Crippen molar-refractivity contribution in [2.75, 3.05) is 19.6 Å². The lowest BCUT2D eigenvalue weighted by atomic mass is 9.90. The quantitative estimate of drug-likeness (QED) is 0.666. The Labute approximate surface area is 176 Å². The zero-order chi connectivity index (χ0) is 19.9. The van der Waals surface area contributed by atoms with Gasteiger partial charge in [0.1, 0.15) is 5.82 Å². The number of likely N-dealkylation sites (tertiary alicyclic amines) is 1. The molecule has 5 nitrogen and oxygen atoms in total. The van der Waals surface area contributed by atoms with Gasteiger partial charge in [-0.3, -0.25) is 9.88 Å². The van der Waals surface area contributed by atoms with Crippen LogP contribution < -0.4 is 0 Å². The van der Waals surface area contributed by atoms with Crippen molar-refractivity contribution in [2.45, 2.75) is 77.5 Å². The predicted molar refractivity (Wildman–Crippen MR) is 117 cm³/mol. The Balaban J connectivity index is 1.42. The van der Waals surface area contributed by atoms with Crippen LogP contribution in [0.3, 0.4) is 0 Å². The first kappa shape index (κ1) is 20.5. The van der Waals surface area contributed by atoms with E-state index in [2.05, 4.69) is 43.5 Å². The van der Waals surface area contributed by atoms with E-state index in [1.54, 1.807) is 0 Å². The van der Waals surface area contributed by atoms with Gasteiger partial charge in [-0.2, -0.15) is 0 Å². The summed E-state index contributed by atoms with van der Waals surface area (Å²) in [6.07, 6.45) is 17.7. The van der Waals surface area contributed by atoms with Crippen LogP contribution >= 0.6 is 0 Å². The first-order chi connectivity index (χ1) is 14.3. The minimum Gasteiger partial charge on any atom is -0.334 e. The molecule has 0 radical (unpaired) electrons. The molecular formula is C24H37N5. The van der Waals surface area contributed by atoms with Gasteiger partial charge in [-0.1, -0.05) is 25.3 Å². The van der Waals surface area contributed by atoms with Crippen LogP contribution in [0, 0.1) is 5.92 Å². The maximum Gasteiger partial charge on any atom is 0.122 e. The fraction of sp³-hybridized carbons (Fsp3) is 0.667. The molecular weight excluding hydrogens is 358 g/mol. The van der Waals surface area contributed by atoms with Crippen LogP contribution in [0.25, 0.3) is 0 Å². The van der Waals surface area contributed by atoms with Crippen molar-refractivity contribution in [1.29, 1.82) is 0 Å². The minimum absolute atomic E-state index is 0.757. The predicted octanol–water partition coefficient (Wildman–Crippen LogP) is 4.34. The monoisotopic (exact) mass is 395 g/mol. The zero-order valence-electron chi connectivity index (χ0n) is 18.0. The van der Waals surface area contributed by atoms with Crippen molar-refractivity contribution in [1.82, 2.24) is 24.3 Å². The molecule has 0 N–H and O–H groups in total. The number of piperidine rings is 1. The van der Waals surface area contributed by atoms with Crippen LogP contribution in [0.5, 0.6) is 0 Å². The molecule has 158 valence electrons. The lowest BCUT2D eigenvalue weighted by Crippen LogP contribution is -2.46. The van der Waals surface area contributed by atoms with Gasteiger partial charge in [-0.05, 0) is 56.7 Å². The summed E-state index contributed by atoms with van der Waals surface area (Å²) < 4.78 is 2.27. The van der Waals surface area contributed by atoms with E-state index in [4.69, 9.17) is 0 Å². The van der Waals surface area contributed by atoms with E-state index in [0.29, 0.717) is 0 Å². The molecule has 5 heteroatoms. The second-order valence-electron chi connectivity index (χ2n) is 8.96. The van der Waals surface area contributed by atoms with Crippen molar-refractivity contribution in [3.63, 3.8) is 0 Å². The topological polar surface area (TPSA) is 37.2 Å². The summed E-state index contributed by atoms with van der Waals surface area (Å²) in [5.41, 5.74) is 1.29. The number of aryl methyl sites for hydroxylation is 1. The van der Waals surface area contributed by atoms with Gasteiger partial charge in [0, 0.05) is 57.0 Å². The molecule has 29 heavy (non-hydrogen) atoms. The maximum atomic E-state index is 4.65. The first-order valence-electron chi connectivity index (χ1n) is 11.7. The lowest BCUT2D eigenvalue weighted by Gasteiger charge is -2.41. The van der Waals surface area contributed by atoms with E-state index in [-0.39, 0.29) is 0 Å². The number of imidazole rings is 1. The highest BCUT2D eigenvalue weighted by Crippen LogP contribution is 2.28. The average molecular weight is 396 g/mol. The van der Waals surface area contributed by atoms with Crippen molar-refractivity contribution < 1.29 is 0 Å². The summed E-state index contributed by atoms with van der Waals surface area (Å²) in [6, 6.07) is 5.09. The van der Waals surface area contributed by atoms with Crippen molar-refractivity contribution >= 4 is 0 Å². The Morgan fingerprint density at radius 2 is 1.97 bits per heavy atom. The molecule has 2 aromatic heterocycles. The molecule has 1 unspecified atom stereocenters. The molecule has 1 aliphatic heterocycles. The van der Waals surface area contributed by atoms with Crippen LogP contribution in [-0.2, 0) is 19.6 Å². The van der Waals surface area contributed by atoms with E-state index < -0.39 is 0 Å². The summed E-state index contributed by atoms with van der Waals surface area (Å²) in [7, 11) is 0. The maximum absolute atomic E-state index is 4.65. The van der Waals surface area contributed by atoms with Gasteiger partial charge >= 0.3 is 0 Å². The second-order valence-corrected chi connectivity index (χ2v) is 8.96. The number of hydrogen-bond donors (Lipinski definition) is 0. The Morgan fingerprint density at radius 1 is 1.07 bits per heavy atom. The molecule has 3 heterocycles. The molecule has 0 amide bonds. The normalized spacial score (nSPS) is 21.7. The fourth-order valence-corrected chi connectivity index (χ4v) is 5.30. The zero-order valence-corrected chi connectivity index (χ0v) is 18.0. The first-order valence-corrected chi connectivity index (χ1v) is 11.7. The Kier molecular flexibility index (Phi) is 7.33. The standard InChI is InChI=1S/C24H37N5/c1-2-28-15-13-26-24(28)20-27(17-21-8-6-12-25-16-21)18-22-9-7-14-29(19-22)23-10-4-3-5-11-23/h6,8,12-13,15-16,22-23H,2-5,7,9-11,14,17-20H2,1H3. The van der Waals surface area contributed by atoms with E-state index in [1.165, 1.54) is 69.4 Å². The van der Waals surface area contributed by atoms with Gasteiger partial charge in [0.05, 0.1) is 6.54 Å². The van der Waals surface area contributed by atoms with E-state index in [0.717, 1.165) is 38.1 Å². The molecule has 1 saturated carbocycles. The number of rotatable bonds is 8. The molecule has 2 fully saturated rings. The number of aromatic nitrogens is 3. The summed E-state index contributed by atoms with van der Waals surface area (Å²) in [5, 5.41) is 0. The Morgan fingerprint density at radius 3 is 2.76 bits per heavy atom. The highest BCUT2D eigenvalue weighted by molar-refractivity contribution is 5.08. The van der Waals surface area contributed by atoms with Crippen molar-refractivity contribution in [2.24, 2.45) is 5.92 Å². The molecule has 1 aliphatic carbocycles. The number of hydrogen-bond acceptors (Lipinski definition) is 4. The Hall–Kier alpha value is -1.72. The second kappa shape index (κ2) is 10.4. The minimum atomic E-state index is 0.757. The van der Waals surface area contributed by atoms with Gasteiger partial charge in [-0.15, -0.1) is 0 Å². The van der Waals surface area contributed by atoms with Crippen molar-refractivity contribution in [3.8, 4) is 0 Å². The largest absolute Gasteiger partial charge is 0.334 e. The van der Waals surface area contributed by atoms with E-state index >= 15 is 0 Å². The average Bonchev–Trinajstić information content (AvgIpc) is 3.22. The molecule has 1 atom stereocenters. The number of pyridine rings is 1. The molecule has 1 saturated heterocycles. The molecule has 0 spiro atoms. The molecule has 4 rings (SSSR count). The SMILES string of the molecule is CCn1ccnc1CN(Cc1cccnc1)CC1CCCN(C2CCCCC2)C1. The summed E-state index contributed by atoms with van der Waals surface area (Å²) in [5.74, 6) is 1.93. The highest BCUT2D eigenvalue weighted by atomic mass is 15.2. The summed E-state index contributed by atoms with van der Waals surface area (Å²) in [4.78, 5) is 14.4. The summed E-state index contributed by atoms with van der Waals surface area (Å²) in [6.45, 7) is 8.77. The van der Waals surface area contributed by atoms with E-state index in [1.807, 2.05) is 24.7 Å².